The number of Topliss-reactive ketones (excluding diaryl/α,β-unsaturated/α-hetero) is 1. The minimum Gasteiger partial charge on any atom is -0.340 e. The second-order valence-corrected chi connectivity index (χ2v) is 12.4. The maximum absolute atomic E-state index is 13.7. The third-order valence-electron chi connectivity index (χ3n) is 7.81. The van der Waals surface area contributed by atoms with Crippen LogP contribution in [0.4, 0.5) is 0 Å². The monoisotopic (exact) mass is 489 g/mol. The number of rotatable bonds is 7. The van der Waals surface area contributed by atoms with Crippen LogP contribution in [0.2, 0.25) is 0 Å². The lowest BCUT2D eigenvalue weighted by atomic mass is 9.85. The molecule has 0 atom stereocenters. The highest BCUT2D eigenvalue weighted by atomic mass is 32.2. The molecule has 2 aliphatic carbocycles. The summed E-state index contributed by atoms with van der Waals surface area (Å²) in [6.45, 7) is 11.1. The minimum atomic E-state index is -3.66. The van der Waals surface area contributed by atoms with E-state index >= 15 is 0 Å². The number of carbonyl (C=O) groups is 2. The van der Waals surface area contributed by atoms with Crippen molar-refractivity contribution in [3.05, 3.63) is 29.3 Å². The highest BCUT2D eigenvalue weighted by molar-refractivity contribution is 7.89. The van der Waals surface area contributed by atoms with Crippen molar-refractivity contribution in [3.8, 4) is 0 Å². The minimum absolute atomic E-state index is 0.00203. The third-order valence-corrected chi connectivity index (χ3v) is 9.97. The molecule has 1 aliphatic heterocycles. The van der Waals surface area contributed by atoms with Crippen molar-refractivity contribution < 1.29 is 18.0 Å². The van der Waals surface area contributed by atoms with E-state index in [1.807, 2.05) is 4.90 Å². The molecule has 0 bridgehead atoms. The molecule has 1 aromatic carbocycles. The Bertz CT molecular complexity index is 1020. The van der Waals surface area contributed by atoms with Crippen LogP contribution in [0.1, 0.15) is 75.2 Å². The van der Waals surface area contributed by atoms with Crippen LogP contribution in [-0.4, -0.2) is 78.5 Å². The molecular weight excluding hydrogens is 450 g/mol. The predicted octanol–water partition coefficient (Wildman–Crippen LogP) is 3.46. The topological polar surface area (TPSA) is 78.0 Å². The summed E-state index contributed by atoms with van der Waals surface area (Å²) >= 11 is 0. The summed E-state index contributed by atoms with van der Waals surface area (Å²) in [5.74, 6) is 0.181. The van der Waals surface area contributed by atoms with Gasteiger partial charge in [0.1, 0.15) is 0 Å². The van der Waals surface area contributed by atoms with E-state index in [9.17, 15) is 18.0 Å². The van der Waals surface area contributed by atoms with E-state index in [2.05, 4.69) is 18.7 Å². The van der Waals surface area contributed by atoms with E-state index in [1.54, 1.807) is 29.4 Å². The molecule has 8 heteroatoms. The van der Waals surface area contributed by atoms with E-state index in [0.717, 1.165) is 64.7 Å². The standard InChI is InChI=1S/C26H39N3O4S/c1-18(2)27-13-15-28(16-14-27)26(31)21-5-8-23(9-6-21)29(24-10-11-24)34(32,33)25-12-7-22(20(4)30)17-19(25)3/h7,12,17-18,21,23-24H,5-6,8-11,13-16H2,1-4H3. The summed E-state index contributed by atoms with van der Waals surface area (Å²) in [5.41, 5.74) is 1.14. The summed E-state index contributed by atoms with van der Waals surface area (Å²) in [6.07, 6.45) is 4.72. The van der Waals surface area contributed by atoms with Crippen molar-refractivity contribution in [2.75, 3.05) is 26.2 Å². The second-order valence-electron chi connectivity index (χ2n) is 10.6. The van der Waals surface area contributed by atoms with Crippen LogP contribution >= 0.6 is 0 Å². The number of piperazine rings is 1. The number of amides is 1. The lowest BCUT2D eigenvalue weighted by Gasteiger charge is -2.40. The van der Waals surface area contributed by atoms with Gasteiger partial charge in [-0.15, -0.1) is 0 Å². The first-order valence-electron chi connectivity index (χ1n) is 12.8. The van der Waals surface area contributed by atoms with Crippen LogP contribution < -0.4 is 0 Å². The van der Waals surface area contributed by atoms with Gasteiger partial charge in [0.2, 0.25) is 15.9 Å². The van der Waals surface area contributed by atoms with Gasteiger partial charge in [-0.1, -0.05) is 6.07 Å². The van der Waals surface area contributed by atoms with Gasteiger partial charge in [0.15, 0.2) is 5.78 Å². The van der Waals surface area contributed by atoms with Crippen LogP contribution in [0.5, 0.6) is 0 Å². The Labute approximate surface area is 204 Å². The summed E-state index contributed by atoms with van der Waals surface area (Å²) < 4.78 is 29.2. The quantitative estimate of drug-likeness (QED) is 0.548. The van der Waals surface area contributed by atoms with Crippen molar-refractivity contribution in [1.82, 2.24) is 14.1 Å². The fourth-order valence-corrected chi connectivity index (χ4v) is 7.72. The van der Waals surface area contributed by atoms with Gasteiger partial charge < -0.3 is 4.90 Å². The molecule has 0 spiro atoms. The normalized spacial score (nSPS) is 24.6. The van der Waals surface area contributed by atoms with Gasteiger partial charge in [0, 0.05) is 55.8 Å². The zero-order valence-corrected chi connectivity index (χ0v) is 21.8. The van der Waals surface area contributed by atoms with E-state index in [4.69, 9.17) is 0 Å². The third kappa shape index (κ3) is 5.24. The molecule has 0 radical (unpaired) electrons. The first kappa shape index (κ1) is 25.3. The van der Waals surface area contributed by atoms with Gasteiger partial charge in [-0.25, -0.2) is 8.42 Å². The number of carbonyl (C=O) groups excluding carboxylic acids is 2. The fraction of sp³-hybridized carbons (Fsp3) is 0.692. The molecule has 3 aliphatic rings. The number of benzene rings is 1. The van der Waals surface area contributed by atoms with E-state index < -0.39 is 10.0 Å². The van der Waals surface area contributed by atoms with Gasteiger partial charge in [-0.3, -0.25) is 14.5 Å². The predicted molar refractivity (Wildman–Crippen MR) is 132 cm³/mol. The zero-order valence-electron chi connectivity index (χ0n) is 21.0. The smallest absolute Gasteiger partial charge is 0.243 e. The largest absolute Gasteiger partial charge is 0.340 e. The Hall–Kier alpha value is -1.77. The Morgan fingerprint density at radius 2 is 1.50 bits per heavy atom. The molecule has 7 nitrogen and oxygen atoms in total. The Balaban J connectivity index is 1.42. The summed E-state index contributed by atoms with van der Waals surface area (Å²) in [6, 6.07) is 5.37. The molecule has 2 saturated carbocycles. The second kappa shape index (κ2) is 10.1. The van der Waals surface area contributed by atoms with Crippen LogP contribution in [0.3, 0.4) is 0 Å². The molecule has 1 saturated heterocycles. The van der Waals surface area contributed by atoms with Crippen molar-refractivity contribution in [3.63, 3.8) is 0 Å². The lowest BCUT2D eigenvalue weighted by molar-refractivity contribution is -0.138. The lowest BCUT2D eigenvalue weighted by Crippen LogP contribution is -2.52. The molecule has 1 amide bonds. The number of hydrogen-bond acceptors (Lipinski definition) is 5. The molecule has 0 unspecified atom stereocenters. The van der Waals surface area contributed by atoms with Gasteiger partial charge in [0.05, 0.1) is 4.90 Å². The zero-order chi connectivity index (χ0) is 24.6. The van der Waals surface area contributed by atoms with Crippen LogP contribution in [-0.2, 0) is 14.8 Å². The van der Waals surface area contributed by atoms with E-state index in [0.29, 0.717) is 22.1 Å². The molecule has 188 valence electrons. The highest BCUT2D eigenvalue weighted by Crippen LogP contribution is 2.40. The molecular formula is C26H39N3O4S. The first-order valence-corrected chi connectivity index (χ1v) is 14.2. The molecule has 1 heterocycles. The maximum atomic E-state index is 13.7. The maximum Gasteiger partial charge on any atom is 0.243 e. The summed E-state index contributed by atoms with van der Waals surface area (Å²) in [4.78, 5) is 29.6. The number of hydrogen-bond donors (Lipinski definition) is 0. The average molecular weight is 490 g/mol. The molecule has 1 aromatic rings. The SMILES string of the molecule is CC(=O)c1ccc(S(=O)(=O)N(C2CCC(C(=O)N3CCN(C(C)C)CC3)CC2)C2CC2)c(C)c1. The Morgan fingerprint density at radius 3 is 1.97 bits per heavy atom. The van der Waals surface area contributed by atoms with E-state index in [1.165, 1.54) is 6.92 Å². The fourth-order valence-electron chi connectivity index (χ4n) is 5.59. The molecule has 0 aromatic heterocycles. The van der Waals surface area contributed by atoms with Crippen molar-refractivity contribution >= 4 is 21.7 Å². The van der Waals surface area contributed by atoms with Gasteiger partial charge >= 0.3 is 0 Å². The van der Waals surface area contributed by atoms with Crippen molar-refractivity contribution in [1.29, 1.82) is 0 Å². The molecule has 4 rings (SSSR count). The van der Waals surface area contributed by atoms with Gasteiger partial charge in [0.25, 0.3) is 0 Å². The highest BCUT2D eigenvalue weighted by Gasteiger charge is 2.45. The van der Waals surface area contributed by atoms with Crippen LogP contribution in [0, 0.1) is 12.8 Å². The van der Waals surface area contributed by atoms with Crippen molar-refractivity contribution in [2.24, 2.45) is 5.92 Å². The number of sulfonamides is 1. The summed E-state index contributed by atoms with van der Waals surface area (Å²) in [7, 11) is -3.66. The Morgan fingerprint density at radius 1 is 0.941 bits per heavy atom. The molecule has 3 fully saturated rings. The van der Waals surface area contributed by atoms with Crippen LogP contribution in [0.15, 0.2) is 23.1 Å². The Kier molecular flexibility index (Phi) is 7.50. The first-order chi connectivity index (χ1) is 16.1. The molecule has 0 N–H and O–H groups in total. The molecule has 34 heavy (non-hydrogen) atoms. The average Bonchev–Trinajstić information content (AvgIpc) is 3.63. The van der Waals surface area contributed by atoms with Crippen molar-refractivity contribution in [2.45, 2.75) is 89.2 Å². The summed E-state index contributed by atoms with van der Waals surface area (Å²) in [5, 5.41) is 0. The van der Waals surface area contributed by atoms with Gasteiger partial charge in [-0.2, -0.15) is 4.31 Å². The number of ketones is 1. The van der Waals surface area contributed by atoms with Crippen LogP contribution in [0.25, 0.3) is 0 Å². The number of nitrogens with zero attached hydrogens (tertiary/aromatic N) is 3. The van der Waals surface area contributed by atoms with E-state index in [-0.39, 0.29) is 29.7 Å². The van der Waals surface area contributed by atoms with Gasteiger partial charge in [-0.05, 0) is 83.9 Å². The number of aryl methyl sites for hydroxylation is 1.